The van der Waals surface area contributed by atoms with Gasteiger partial charge in [0.05, 0.1) is 15.0 Å². The Kier molecular flexibility index (Phi) is 4.77. The zero-order valence-electron chi connectivity index (χ0n) is 10.2. The van der Waals surface area contributed by atoms with E-state index in [9.17, 15) is 4.79 Å². The highest BCUT2D eigenvalue weighted by Crippen LogP contribution is 2.19. The summed E-state index contributed by atoms with van der Waals surface area (Å²) in [6.45, 7) is 3.89. The van der Waals surface area contributed by atoms with Crippen molar-refractivity contribution in [3.63, 3.8) is 0 Å². The molecule has 1 aromatic carbocycles. The van der Waals surface area contributed by atoms with E-state index in [2.05, 4.69) is 50.6 Å². The quantitative estimate of drug-likeness (QED) is 0.720. The van der Waals surface area contributed by atoms with Crippen LogP contribution in [-0.4, -0.2) is 4.57 Å². The summed E-state index contributed by atoms with van der Waals surface area (Å²) < 4.78 is 3.07. The van der Waals surface area contributed by atoms with Gasteiger partial charge in [0.25, 0.3) is 0 Å². The average Bonchev–Trinajstić information content (AvgIpc) is 2.42. The number of pyridine rings is 1. The SMILES string of the molecule is C=CC(Cc1ccccc1)n1cc(Br)c(=O)c(Br)c1. The lowest BCUT2D eigenvalue weighted by Crippen LogP contribution is -2.14. The van der Waals surface area contributed by atoms with Crippen LogP contribution in [0.25, 0.3) is 0 Å². The van der Waals surface area contributed by atoms with E-state index in [0.717, 1.165) is 6.42 Å². The molecule has 2 rings (SSSR count). The molecule has 1 heterocycles. The molecule has 1 unspecified atom stereocenters. The summed E-state index contributed by atoms with van der Waals surface area (Å²) >= 11 is 6.56. The van der Waals surface area contributed by atoms with Crippen molar-refractivity contribution in [2.45, 2.75) is 12.5 Å². The van der Waals surface area contributed by atoms with Gasteiger partial charge in [0.1, 0.15) is 0 Å². The van der Waals surface area contributed by atoms with Crippen LogP contribution in [0.4, 0.5) is 0 Å². The van der Waals surface area contributed by atoms with Crippen molar-refractivity contribution < 1.29 is 0 Å². The van der Waals surface area contributed by atoms with E-state index in [1.807, 2.05) is 28.8 Å². The van der Waals surface area contributed by atoms with Gasteiger partial charge in [-0.1, -0.05) is 36.4 Å². The summed E-state index contributed by atoms with van der Waals surface area (Å²) in [6, 6.07) is 10.3. The van der Waals surface area contributed by atoms with Crippen molar-refractivity contribution in [1.82, 2.24) is 4.57 Å². The summed E-state index contributed by atoms with van der Waals surface area (Å²) in [7, 11) is 0. The van der Waals surface area contributed by atoms with Crippen molar-refractivity contribution >= 4 is 31.9 Å². The molecule has 0 aliphatic carbocycles. The Morgan fingerprint density at radius 3 is 2.26 bits per heavy atom. The molecule has 2 aromatic rings. The lowest BCUT2D eigenvalue weighted by Gasteiger charge is -2.17. The van der Waals surface area contributed by atoms with Gasteiger partial charge in [-0.3, -0.25) is 4.79 Å². The van der Waals surface area contributed by atoms with Crippen LogP contribution in [0.15, 0.2) is 69.1 Å². The zero-order chi connectivity index (χ0) is 13.8. The van der Waals surface area contributed by atoms with Gasteiger partial charge in [-0.2, -0.15) is 0 Å². The van der Waals surface area contributed by atoms with E-state index in [0.29, 0.717) is 8.95 Å². The third kappa shape index (κ3) is 3.45. The van der Waals surface area contributed by atoms with Gasteiger partial charge in [-0.25, -0.2) is 0 Å². The third-order valence-electron chi connectivity index (χ3n) is 2.90. The average molecular weight is 383 g/mol. The molecule has 1 atom stereocenters. The molecule has 0 saturated carbocycles. The van der Waals surface area contributed by atoms with Gasteiger partial charge in [-0.05, 0) is 43.8 Å². The van der Waals surface area contributed by atoms with E-state index in [1.54, 1.807) is 12.4 Å². The standard InChI is InChI=1S/C15H13Br2NO/c1-2-12(8-11-6-4-3-5-7-11)18-9-13(16)15(19)14(17)10-18/h2-7,9-10,12H,1,8H2. The van der Waals surface area contributed by atoms with Crippen LogP contribution in [0.1, 0.15) is 11.6 Å². The van der Waals surface area contributed by atoms with Crippen LogP contribution < -0.4 is 5.43 Å². The number of aromatic nitrogens is 1. The minimum absolute atomic E-state index is 0.0428. The van der Waals surface area contributed by atoms with Crippen LogP contribution in [0.2, 0.25) is 0 Å². The molecule has 98 valence electrons. The Bertz CT molecular complexity index is 608. The largest absolute Gasteiger partial charge is 0.345 e. The summed E-state index contributed by atoms with van der Waals surface area (Å²) in [4.78, 5) is 11.7. The highest BCUT2D eigenvalue weighted by atomic mass is 79.9. The van der Waals surface area contributed by atoms with E-state index in [4.69, 9.17) is 0 Å². The Balaban J connectivity index is 2.33. The highest BCUT2D eigenvalue weighted by molar-refractivity contribution is 9.11. The number of halogens is 2. The number of allylic oxidation sites excluding steroid dienone is 1. The van der Waals surface area contributed by atoms with Crippen molar-refractivity contribution in [1.29, 1.82) is 0 Å². The van der Waals surface area contributed by atoms with E-state index < -0.39 is 0 Å². The minimum atomic E-state index is -0.0428. The monoisotopic (exact) mass is 381 g/mol. The predicted molar refractivity (Wildman–Crippen MR) is 85.5 cm³/mol. The van der Waals surface area contributed by atoms with Crippen LogP contribution in [0.5, 0.6) is 0 Å². The van der Waals surface area contributed by atoms with Gasteiger partial charge in [0.2, 0.25) is 5.43 Å². The van der Waals surface area contributed by atoms with Crippen molar-refractivity contribution in [3.05, 3.63) is 80.1 Å². The van der Waals surface area contributed by atoms with Crippen molar-refractivity contribution in [2.75, 3.05) is 0 Å². The first-order valence-corrected chi connectivity index (χ1v) is 7.43. The maximum atomic E-state index is 11.7. The molecule has 0 saturated heterocycles. The normalized spacial score (nSPS) is 12.1. The first-order chi connectivity index (χ1) is 9.11. The first kappa shape index (κ1) is 14.3. The van der Waals surface area contributed by atoms with Crippen molar-refractivity contribution in [2.24, 2.45) is 0 Å². The third-order valence-corrected chi connectivity index (χ3v) is 4.03. The van der Waals surface area contributed by atoms with Crippen LogP contribution in [-0.2, 0) is 6.42 Å². The van der Waals surface area contributed by atoms with Crippen molar-refractivity contribution in [3.8, 4) is 0 Å². The van der Waals surface area contributed by atoms with Crippen LogP contribution >= 0.6 is 31.9 Å². The van der Waals surface area contributed by atoms with E-state index in [1.165, 1.54) is 5.56 Å². The smallest absolute Gasteiger partial charge is 0.209 e. The van der Waals surface area contributed by atoms with E-state index in [-0.39, 0.29) is 11.5 Å². The van der Waals surface area contributed by atoms with E-state index >= 15 is 0 Å². The van der Waals surface area contributed by atoms with Gasteiger partial charge in [0, 0.05) is 12.4 Å². The number of hydrogen-bond donors (Lipinski definition) is 0. The second kappa shape index (κ2) is 6.35. The molecule has 0 N–H and O–H groups in total. The van der Waals surface area contributed by atoms with Gasteiger partial charge < -0.3 is 4.57 Å². The molecule has 0 fully saturated rings. The molecule has 0 radical (unpaired) electrons. The Labute approximate surface area is 129 Å². The Morgan fingerprint density at radius 2 is 1.74 bits per heavy atom. The highest BCUT2D eigenvalue weighted by Gasteiger charge is 2.10. The molecular formula is C15H13Br2NO. The number of benzene rings is 1. The molecular weight excluding hydrogens is 370 g/mol. The van der Waals surface area contributed by atoms with Crippen LogP contribution in [0, 0.1) is 0 Å². The zero-order valence-corrected chi connectivity index (χ0v) is 13.4. The van der Waals surface area contributed by atoms with Gasteiger partial charge in [0.15, 0.2) is 0 Å². The number of rotatable bonds is 4. The fraction of sp³-hybridized carbons (Fsp3) is 0.133. The maximum absolute atomic E-state index is 11.7. The molecule has 0 bridgehead atoms. The molecule has 4 heteroatoms. The molecule has 19 heavy (non-hydrogen) atoms. The maximum Gasteiger partial charge on any atom is 0.209 e. The second-order valence-corrected chi connectivity index (χ2v) is 5.93. The fourth-order valence-corrected chi connectivity index (χ4v) is 3.05. The van der Waals surface area contributed by atoms with Gasteiger partial charge >= 0.3 is 0 Å². The predicted octanol–water partition coefficient (Wildman–Crippen LogP) is 4.34. The molecule has 0 spiro atoms. The fourth-order valence-electron chi connectivity index (χ4n) is 1.89. The molecule has 0 aliphatic heterocycles. The Hall–Kier alpha value is -1.13. The first-order valence-electron chi connectivity index (χ1n) is 5.85. The summed E-state index contributed by atoms with van der Waals surface area (Å²) in [5.41, 5.74) is 1.19. The second-order valence-electron chi connectivity index (χ2n) is 4.22. The molecule has 0 aliphatic rings. The molecule has 0 amide bonds. The lowest BCUT2D eigenvalue weighted by atomic mass is 10.1. The molecule has 1 aromatic heterocycles. The summed E-state index contributed by atoms with van der Waals surface area (Å²) in [6.07, 6.45) is 6.31. The van der Waals surface area contributed by atoms with Gasteiger partial charge in [-0.15, -0.1) is 6.58 Å². The lowest BCUT2D eigenvalue weighted by molar-refractivity contribution is 0.594. The molecule has 2 nitrogen and oxygen atoms in total. The minimum Gasteiger partial charge on any atom is -0.345 e. The topological polar surface area (TPSA) is 22.0 Å². The number of hydrogen-bond acceptors (Lipinski definition) is 1. The summed E-state index contributed by atoms with van der Waals surface area (Å²) in [5.74, 6) is 0. The summed E-state index contributed by atoms with van der Waals surface area (Å²) in [5, 5.41) is 0. The van der Waals surface area contributed by atoms with Crippen LogP contribution in [0.3, 0.4) is 0 Å². The Morgan fingerprint density at radius 1 is 1.16 bits per heavy atom. The number of nitrogens with zero attached hydrogens (tertiary/aromatic N) is 1.